The smallest absolute Gasteiger partial charge is 0.326 e. The van der Waals surface area contributed by atoms with Crippen molar-refractivity contribution in [2.45, 2.75) is 57.7 Å². The molecule has 0 saturated carbocycles. The summed E-state index contributed by atoms with van der Waals surface area (Å²) in [6.07, 6.45) is -0.388. The maximum Gasteiger partial charge on any atom is 0.326 e. The molecule has 0 saturated heterocycles. The summed E-state index contributed by atoms with van der Waals surface area (Å²) in [5.41, 5.74) is 6.13. The molecule has 0 aliphatic heterocycles. The number of aliphatic carboxylic acids is 2. The van der Waals surface area contributed by atoms with Crippen molar-refractivity contribution in [3.8, 4) is 0 Å². The summed E-state index contributed by atoms with van der Waals surface area (Å²) in [5, 5.41) is 25.5. The van der Waals surface area contributed by atoms with Gasteiger partial charge in [0.1, 0.15) is 18.1 Å². The van der Waals surface area contributed by atoms with Gasteiger partial charge in [0, 0.05) is 12.8 Å². The Balaban J connectivity index is 3.00. The molecule has 0 bridgehead atoms. The topological polar surface area (TPSA) is 188 Å². The molecule has 0 fully saturated rings. The molecule has 3 amide bonds. The second-order valence-electron chi connectivity index (χ2n) is 8.04. The van der Waals surface area contributed by atoms with Crippen molar-refractivity contribution < 1.29 is 34.2 Å². The van der Waals surface area contributed by atoms with Crippen molar-refractivity contribution in [3.63, 3.8) is 0 Å². The Morgan fingerprint density at radius 1 is 0.879 bits per heavy atom. The number of rotatable bonds is 14. The molecule has 182 valence electrons. The van der Waals surface area contributed by atoms with Gasteiger partial charge in [-0.1, -0.05) is 44.2 Å². The molecular weight excluding hydrogens is 432 g/mol. The minimum atomic E-state index is -1.42. The Bertz CT molecular complexity index is 829. The number of carbonyl (C=O) groups is 5. The van der Waals surface area contributed by atoms with E-state index in [1.165, 1.54) is 0 Å². The minimum Gasteiger partial charge on any atom is -0.481 e. The van der Waals surface area contributed by atoms with Crippen LogP contribution >= 0.6 is 0 Å². The molecule has 0 aliphatic rings. The lowest BCUT2D eigenvalue weighted by molar-refractivity contribution is -0.143. The van der Waals surface area contributed by atoms with E-state index in [9.17, 15) is 29.1 Å². The molecule has 3 atom stereocenters. The monoisotopic (exact) mass is 464 g/mol. The third kappa shape index (κ3) is 10.6. The molecule has 0 heterocycles. The number of carboxylic acids is 2. The SMILES string of the molecule is CC(C)CC(NC(=O)C(Cc1ccccc1)NC(=O)CN)C(=O)NC(CCC(=O)O)C(=O)O. The van der Waals surface area contributed by atoms with Gasteiger partial charge in [0.05, 0.1) is 6.54 Å². The molecule has 1 aromatic rings. The molecule has 0 spiro atoms. The zero-order valence-corrected chi connectivity index (χ0v) is 18.7. The van der Waals surface area contributed by atoms with Crippen LogP contribution in [-0.4, -0.2) is 64.5 Å². The number of carboxylic acid groups (broad SMARTS) is 2. The second-order valence-corrected chi connectivity index (χ2v) is 8.04. The van der Waals surface area contributed by atoms with E-state index in [0.29, 0.717) is 0 Å². The average molecular weight is 465 g/mol. The van der Waals surface area contributed by atoms with Crippen LogP contribution in [0, 0.1) is 5.92 Å². The second kappa shape index (κ2) is 13.8. The summed E-state index contributed by atoms with van der Waals surface area (Å²) in [6.45, 7) is 3.32. The molecule has 3 unspecified atom stereocenters. The average Bonchev–Trinajstić information content (AvgIpc) is 2.75. The number of carbonyl (C=O) groups excluding carboxylic acids is 3. The molecule has 1 rings (SSSR count). The largest absolute Gasteiger partial charge is 0.481 e. The lowest BCUT2D eigenvalue weighted by Crippen LogP contribution is -2.57. The van der Waals surface area contributed by atoms with Crippen molar-refractivity contribution in [1.29, 1.82) is 0 Å². The Kier molecular flexibility index (Phi) is 11.6. The van der Waals surface area contributed by atoms with Crippen molar-refractivity contribution >= 4 is 29.7 Å². The van der Waals surface area contributed by atoms with E-state index in [2.05, 4.69) is 16.0 Å². The van der Waals surface area contributed by atoms with Crippen molar-refractivity contribution in [2.24, 2.45) is 11.7 Å². The van der Waals surface area contributed by atoms with Gasteiger partial charge in [0.2, 0.25) is 17.7 Å². The number of benzene rings is 1. The molecule has 11 nitrogen and oxygen atoms in total. The zero-order chi connectivity index (χ0) is 25.0. The van der Waals surface area contributed by atoms with Gasteiger partial charge in [0.15, 0.2) is 0 Å². The van der Waals surface area contributed by atoms with Gasteiger partial charge in [-0.3, -0.25) is 19.2 Å². The van der Waals surface area contributed by atoms with Gasteiger partial charge in [-0.25, -0.2) is 4.79 Å². The van der Waals surface area contributed by atoms with Crippen LogP contribution in [0.2, 0.25) is 0 Å². The summed E-state index contributed by atoms with van der Waals surface area (Å²) in [5.74, 6) is -4.53. The van der Waals surface area contributed by atoms with E-state index >= 15 is 0 Å². The highest BCUT2D eigenvalue weighted by Gasteiger charge is 2.30. The lowest BCUT2D eigenvalue weighted by Gasteiger charge is -2.25. The van der Waals surface area contributed by atoms with Crippen LogP contribution < -0.4 is 21.7 Å². The van der Waals surface area contributed by atoms with Crippen LogP contribution in [0.25, 0.3) is 0 Å². The summed E-state index contributed by atoms with van der Waals surface area (Å²) in [4.78, 5) is 59.8. The number of hydrogen-bond acceptors (Lipinski definition) is 6. The first-order chi connectivity index (χ1) is 15.5. The van der Waals surface area contributed by atoms with Crippen molar-refractivity contribution in [3.05, 3.63) is 35.9 Å². The first-order valence-electron chi connectivity index (χ1n) is 10.6. The van der Waals surface area contributed by atoms with E-state index < -0.39 is 54.2 Å². The Hall–Kier alpha value is -3.47. The molecule has 7 N–H and O–H groups in total. The summed E-state index contributed by atoms with van der Waals surface area (Å²) in [7, 11) is 0. The summed E-state index contributed by atoms with van der Waals surface area (Å²) in [6, 6.07) is 5.44. The van der Waals surface area contributed by atoms with Gasteiger partial charge < -0.3 is 31.9 Å². The predicted octanol–water partition coefficient (Wildman–Crippen LogP) is -0.362. The Morgan fingerprint density at radius 2 is 1.45 bits per heavy atom. The van der Waals surface area contributed by atoms with E-state index in [0.717, 1.165) is 5.56 Å². The third-order valence-corrected chi connectivity index (χ3v) is 4.72. The maximum atomic E-state index is 13.0. The van der Waals surface area contributed by atoms with Gasteiger partial charge in [-0.15, -0.1) is 0 Å². The maximum absolute atomic E-state index is 13.0. The third-order valence-electron chi connectivity index (χ3n) is 4.72. The van der Waals surface area contributed by atoms with Crippen LogP contribution in [0.1, 0.15) is 38.7 Å². The Labute approximate surface area is 192 Å². The standard InChI is InChI=1S/C22H32N4O7/c1-13(2)10-16(20(30)25-15(22(32)33)8-9-19(28)29)26-21(31)17(24-18(27)12-23)11-14-6-4-3-5-7-14/h3-7,13,15-17H,8-12,23H2,1-2H3,(H,24,27)(H,25,30)(H,26,31)(H,28,29)(H,32,33). The number of hydrogen-bond donors (Lipinski definition) is 6. The van der Waals surface area contributed by atoms with Crippen LogP contribution in [0.15, 0.2) is 30.3 Å². The van der Waals surface area contributed by atoms with Gasteiger partial charge >= 0.3 is 11.9 Å². The van der Waals surface area contributed by atoms with E-state index in [1.54, 1.807) is 24.3 Å². The molecular formula is C22H32N4O7. The van der Waals surface area contributed by atoms with Gasteiger partial charge in [-0.2, -0.15) is 0 Å². The van der Waals surface area contributed by atoms with E-state index in [1.807, 2.05) is 19.9 Å². The fourth-order valence-electron chi connectivity index (χ4n) is 3.09. The fraction of sp³-hybridized carbons (Fsp3) is 0.500. The molecule has 0 aliphatic carbocycles. The zero-order valence-electron chi connectivity index (χ0n) is 18.7. The predicted molar refractivity (Wildman–Crippen MR) is 119 cm³/mol. The first kappa shape index (κ1) is 27.6. The van der Waals surface area contributed by atoms with Gasteiger partial charge in [0.25, 0.3) is 0 Å². The van der Waals surface area contributed by atoms with Crippen LogP contribution in [0.4, 0.5) is 0 Å². The Morgan fingerprint density at radius 3 is 1.97 bits per heavy atom. The highest BCUT2D eigenvalue weighted by atomic mass is 16.4. The number of nitrogens with one attached hydrogen (secondary N) is 3. The molecule has 11 heteroatoms. The van der Waals surface area contributed by atoms with E-state index in [-0.39, 0.29) is 31.7 Å². The van der Waals surface area contributed by atoms with Crippen LogP contribution in [0.3, 0.4) is 0 Å². The summed E-state index contributed by atoms with van der Waals surface area (Å²) < 4.78 is 0. The lowest BCUT2D eigenvalue weighted by atomic mass is 10.0. The number of nitrogens with two attached hydrogens (primary N) is 1. The van der Waals surface area contributed by atoms with Crippen LogP contribution in [-0.2, 0) is 30.4 Å². The fourth-order valence-corrected chi connectivity index (χ4v) is 3.09. The van der Waals surface area contributed by atoms with Crippen molar-refractivity contribution in [2.75, 3.05) is 6.54 Å². The normalized spacial score (nSPS) is 13.5. The van der Waals surface area contributed by atoms with Crippen LogP contribution in [0.5, 0.6) is 0 Å². The summed E-state index contributed by atoms with van der Waals surface area (Å²) >= 11 is 0. The first-order valence-corrected chi connectivity index (χ1v) is 10.6. The molecule has 1 aromatic carbocycles. The molecule has 33 heavy (non-hydrogen) atoms. The highest BCUT2D eigenvalue weighted by Crippen LogP contribution is 2.09. The molecule has 0 radical (unpaired) electrons. The quantitative estimate of drug-likeness (QED) is 0.215. The molecule has 0 aromatic heterocycles. The van der Waals surface area contributed by atoms with Gasteiger partial charge in [-0.05, 0) is 24.3 Å². The number of amides is 3. The minimum absolute atomic E-state index is 0.0328. The highest BCUT2D eigenvalue weighted by molar-refractivity contribution is 5.93. The van der Waals surface area contributed by atoms with E-state index in [4.69, 9.17) is 10.8 Å². The van der Waals surface area contributed by atoms with Crippen molar-refractivity contribution in [1.82, 2.24) is 16.0 Å².